The van der Waals surface area contributed by atoms with Crippen molar-refractivity contribution in [2.45, 2.75) is 13.0 Å². The Balaban J connectivity index is 2.88. The minimum absolute atomic E-state index is 0.127. The topological polar surface area (TPSA) is 74.2 Å². The number of rotatable bonds is 3. The first-order valence-corrected chi connectivity index (χ1v) is 4.12. The van der Waals surface area contributed by atoms with Gasteiger partial charge in [0.15, 0.2) is 0 Å². The highest BCUT2D eigenvalue weighted by molar-refractivity contribution is 5.35. The van der Waals surface area contributed by atoms with Crippen molar-refractivity contribution < 1.29 is 4.74 Å². The summed E-state index contributed by atoms with van der Waals surface area (Å²) in [7, 11) is 1.62. The summed E-state index contributed by atoms with van der Waals surface area (Å²) < 4.78 is 4.96. The van der Waals surface area contributed by atoms with Gasteiger partial charge in [-0.3, -0.25) is 0 Å². The standard InChI is InChI=1S/C9H15N3O/c1-6-7(8(10)5-13-2)3-4-9(11)12-6/h3-4,8H,5,10H2,1-2H3,(H2,11,12). The number of hydrogen-bond acceptors (Lipinski definition) is 4. The van der Waals surface area contributed by atoms with Gasteiger partial charge in [0.1, 0.15) is 5.82 Å². The Bertz CT molecular complexity index is 288. The van der Waals surface area contributed by atoms with Crippen molar-refractivity contribution in [1.29, 1.82) is 0 Å². The molecule has 1 aromatic rings. The molecule has 1 aromatic heterocycles. The molecule has 0 saturated carbocycles. The fourth-order valence-corrected chi connectivity index (χ4v) is 1.25. The minimum atomic E-state index is -0.127. The largest absolute Gasteiger partial charge is 0.384 e. The molecule has 0 bridgehead atoms. The van der Waals surface area contributed by atoms with Gasteiger partial charge < -0.3 is 16.2 Å². The van der Waals surface area contributed by atoms with Crippen LogP contribution in [0.5, 0.6) is 0 Å². The van der Waals surface area contributed by atoms with Gasteiger partial charge in [-0.05, 0) is 18.6 Å². The number of methoxy groups -OCH3 is 1. The van der Waals surface area contributed by atoms with Gasteiger partial charge in [0.2, 0.25) is 0 Å². The van der Waals surface area contributed by atoms with E-state index >= 15 is 0 Å². The van der Waals surface area contributed by atoms with Crippen LogP contribution in [-0.2, 0) is 4.74 Å². The third kappa shape index (κ3) is 2.40. The van der Waals surface area contributed by atoms with Crippen molar-refractivity contribution in [3.63, 3.8) is 0 Å². The highest BCUT2D eigenvalue weighted by Crippen LogP contribution is 2.15. The predicted octanol–water partition coefficient (Wildman–Crippen LogP) is 0.618. The number of aryl methyl sites for hydroxylation is 1. The zero-order valence-electron chi connectivity index (χ0n) is 7.95. The van der Waals surface area contributed by atoms with E-state index in [9.17, 15) is 0 Å². The Morgan fingerprint density at radius 1 is 1.54 bits per heavy atom. The van der Waals surface area contributed by atoms with Crippen LogP contribution in [-0.4, -0.2) is 18.7 Å². The molecule has 0 amide bonds. The molecule has 0 aromatic carbocycles. The van der Waals surface area contributed by atoms with E-state index in [0.29, 0.717) is 12.4 Å². The fourth-order valence-electron chi connectivity index (χ4n) is 1.25. The Morgan fingerprint density at radius 3 is 2.77 bits per heavy atom. The molecule has 0 spiro atoms. The number of ether oxygens (including phenoxy) is 1. The smallest absolute Gasteiger partial charge is 0.123 e. The Hall–Kier alpha value is -1.13. The molecule has 4 nitrogen and oxygen atoms in total. The Kier molecular flexibility index (Phi) is 3.22. The molecule has 0 saturated heterocycles. The number of nitrogens with two attached hydrogens (primary N) is 2. The van der Waals surface area contributed by atoms with Crippen molar-refractivity contribution >= 4 is 5.82 Å². The van der Waals surface area contributed by atoms with Gasteiger partial charge in [-0.25, -0.2) is 4.98 Å². The number of nitrogens with zero attached hydrogens (tertiary/aromatic N) is 1. The molecule has 0 aliphatic carbocycles. The van der Waals surface area contributed by atoms with Crippen LogP contribution in [0, 0.1) is 6.92 Å². The minimum Gasteiger partial charge on any atom is -0.384 e. The normalized spacial score (nSPS) is 12.8. The van der Waals surface area contributed by atoms with Gasteiger partial charge in [-0.2, -0.15) is 0 Å². The highest BCUT2D eigenvalue weighted by atomic mass is 16.5. The van der Waals surface area contributed by atoms with Gasteiger partial charge >= 0.3 is 0 Å². The van der Waals surface area contributed by atoms with E-state index in [1.807, 2.05) is 13.0 Å². The molecule has 72 valence electrons. The second-order valence-corrected chi connectivity index (χ2v) is 2.97. The number of pyridine rings is 1. The van der Waals surface area contributed by atoms with Crippen molar-refractivity contribution in [2.75, 3.05) is 19.5 Å². The van der Waals surface area contributed by atoms with Crippen molar-refractivity contribution in [1.82, 2.24) is 4.98 Å². The fraction of sp³-hybridized carbons (Fsp3) is 0.444. The molecular formula is C9H15N3O. The monoisotopic (exact) mass is 181 g/mol. The summed E-state index contributed by atoms with van der Waals surface area (Å²) in [6.07, 6.45) is 0. The lowest BCUT2D eigenvalue weighted by molar-refractivity contribution is 0.180. The Labute approximate surface area is 77.9 Å². The highest BCUT2D eigenvalue weighted by Gasteiger charge is 2.09. The molecular weight excluding hydrogens is 166 g/mol. The lowest BCUT2D eigenvalue weighted by Gasteiger charge is -2.12. The summed E-state index contributed by atoms with van der Waals surface area (Å²) in [6, 6.07) is 3.51. The van der Waals surface area contributed by atoms with Gasteiger partial charge in [-0.15, -0.1) is 0 Å². The number of anilines is 1. The number of aromatic nitrogens is 1. The zero-order chi connectivity index (χ0) is 9.84. The number of nitrogen functional groups attached to an aromatic ring is 1. The molecule has 0 fully saturated rings. The average Bonchev–Trinajstić information content (AvgIpc) is 2.04. The van der Waals surface area contributed by atoms with Crippen molar-refractivity contribution in [3.8, 4) is 0 Å². The van der Waals surface area contributed by atoms with Crippen LogP contribution >= 0.6 is 0 Å². The van der Waals surface area contributed by atoms with E-state index in [2.05, 4.69) is 4.98 Å². The van der Waals surface area contributed by atoms with Crippen LogP contribution in [0.3, 0.4) is 0 Å². The maximum atomic E-state index is 5.85. The second kappa shape index (κ2) is 4.20. The van der Waals surface area contributed by atoms with Gasteiger partial charge in [0.25, 0.3) is 0 Å². The lowest BCUT2D eigenvalue weighted by atomic mass is 10.1. The summed E-state index contributed by atoms with van der Waals surface area (Å²) in [5.74, 6) is 0.519. The zero-order valence-corrected chi connectivity index (χ0v) is 7.95. The van der Waals surface area contributed by atoms with E-state index < -0.39 is 0 Å². The van der Waals surface area contributed by atoms with Crippen LogP contribution in [0.4, 0.5) is 5.82 Å². The molecule has 0 aliphatic heterocycles. The summed E-state index contributed by atoms with van der Waals surface area (Å²) >= 11 is 0. The van der Waals surface area contributed by atoms with Gasteiger partial charge in [0.05, 0.1) is 12.6 Å². The van der Waals surface area contributed by atoms with Crippen LogP contribution in [0.25, 0.3) is 0 Å². The molecule has 1 rings (SSSR count). The lowest BCUT2D eigenvalue weighted by Crippen LogP contribution is -2.17. The third-order valence-electron chi connectivity index (χ3n) is 1.89. The molecule has 0 aliphatic rings. The second-order valence-electron chi connectivity index (χ2n) is 2.97. The van der Waals surface area contributed by atoms with E-state index in [0.717, 1.165) is 11.3 Å². The molecule has 13 heavy (non-hydrogen) atoms. The van der Waals surface area contributed by atoms with Crippen LogP contribution < -0.4 is 11.5 Å². The van der Waals surface area contributed by atoms with Crippen LogP contribution in [0.15, 0.2) is 12.1 Å². The van der Waals surface area contributed by atoms with E-state index in [-0.39, 0.29) is 6.04 Å². The van der Waals surface area contributed by atoms with Crippen molar-refractivity contribution in [3.05, 3.63) is 23.4 Å². The third-order valence-corrected chi connectivity index (χ3v) is 1.89. The van der Waals surface area contributed by atoms with Crippen molar-refractivity contribution in [2.24, 2.45) is 5.73 Å². The first-order valence-electron chi connectivity index (χ1n) is 4.12. The van der Waals surface area contributed by atoms with E-state index in [4.69, 9.17) is 16.2 Å². The van der Waals surface area contributed by atoms with Gasteiger partial charge in [0, 0.05) is 12.8 Å². The van der Waals surface area contributed by atoms with Crippen LogP contribution in [0.1, 0.15) is 17.3 Å². The molecule has 1 atom stereocenters. The van der Waals surface area contributed by atoms with Crippen LogP contribution in [0.2, 0.25) is 0 Å². The molecule has 1 unspecified atom stereocenters. The predicted molar refractivity (Wildman–Crippen MR) is 52.2 cm³/mol. The average molecular weight is 181 g/mol. The molecule has 0 radical (unpaired) electrons. The first kappa shape index (κ1) is 9.95. The first-order chi connectivity index (χ1) is 6.15. The number of hydrogen-bond donors (Lipinski definition) is 2. The summed E-state index contributed by atoms with van der Waals surface area (Å²) in [6.45, 7) is 2.38. The molecule has 4 N–H and O–H groups in total. The van der Waals surface area contributed by atoms with Gasteiger partial charge in [-0.1, -0.05) is 6.07 Å². The Morgan fingerprint density at radius 2 is 2.23 bits per heavy atom. The molecule has 1 heterocycles. The SMILES string of the molecule is COCC(N)c1ccc(N)nc1C. The van der Waals surface area contributed by atoms with E-state index in [1.165, 1.54) is 0 Å². The summed E-state index contributed by atoms with van der Waals surface area (Å²) in [4.78, 5) is 4.12. The van der Waals surface area contributed by atoms with E-state index in [1.54, 1.807) is 13.2 Å². The quantitative estimate of drug-likeness (QED) is 0.716. The maximum Gasteiger partial charge on any atom is 0.123 e. The molecule has 4 heteroatoms. The summed E-state index contributed by atoms with van der Waals surface area (Å²) in [5.41, 5.74) is 13.2. The maximum absolute atomic E-state index is 5.85. The summed E-state index contributed by atoms with van der Waals surface area (Å²) in [5, 5.41) is 0.